The smallest absolute Gasteiger partial charge is 0.412 e. The number of likely N-dealkylation sites (N-methyl/N-ethyl adjacent to an activating group) is 1. The van der Waals surface area contributed by atoms with E-state index in [9.17, 15) is 14.4 Å². The van der Waals surface area contributed by atoms with E-state index in [1.54, 1.807) is 45.0 Å². The predicted molar refractivity (Wildman–Crippen MR) is 85.3 cm³/mol. The number of carbonyl (C=O) groups excluding carboxylic acids is 3. The van der Waals surface area contributed by atoms with Gasteiger partial charge in [-0.3, -0.25) is 14.9 Å². The van der Waals surface area contributed by atoms with Crippen LogP contribution < -0.4 is 5.32 Å². The molecule has 0 aliphatic rings. The monoisotopic (exact) mass is 322 g/mol. The first kappa shape index (κ1) is 18.5. The second-order valence-corrected chi connectivity index (χ2v) is 5.94. The molecule has 1 rings (SSSR count). The molecule has 1 N–H and O–H groups in total. The molecule has 0 spiro atoms. The third-order valence-electron chi connectivity index (χ3n) is 2.72. The largest absolute Gasteiger partial charge is 0.468 e. The predicted octanol–water partition coefficient (Wildman–Crippen LogP) is 2.28. The van der Waals surface area contributed by atoms with Gasteiger partial charge in [-0.1, -0.05) is 0 Å². The molecule has 0 saturated heterocycles. The lowest BCUT2D eigenvalue weighted by atomic mass is 10.2. The topological polar surface area (TPSA) is 84.9 Å². The van der Waals surface area contributed by atoms with Gasteiger partial charge >= 0.3 is 12.1 Å². The molecule has 0 saturated carbocycles. The SMILES string of the molecule is COC(=O)CN(C)C(=O)c1ccc(NC(=O)OC(C)(C)C)cc1. The first-order chi connectivity index (χ1) is 10.6. The molecule has 0 unspecified atom stereocenters. The van der Waals surface area contributed by atoms with Crippen molar-refractivity contribution in [3.05, 3.63) is 29.8 Å². The van der Waals surface area contributed by atoms with Gasteiger partial charge in [0.2, 0.25) is 0 Å². The molecule has 7 heteroatoms. The molecule has 2 amide bonds. The average molecular weight is 322 g/mol. The van der Waals surface area contributed by atoms with Crippen molar-refractivity contribution >= 4 is 23.7 Å². The summed E-state index contributed by atoms with van der Waals surface area (Å²) in [7, 11) is 2.77. The van der Waals surface area contributed by atoms with E-state index in [4.69, 9.17) is 4.74 Å². The van der Waals surface area contributed by atoms with E-state index in [0.29, 0.717) is 11.3 Å². The van der Waals surface area contributed by atoms with Gasteiger partial charge in [-0.15, -0.1) is 0 Å². The van der Waals surface area contributed by atoms with Gasteiger partial charge in [-0.2, -0.15) is 0 Å². The fourth-order valence-electron chi connectivity index (χ4n) is 1.67. The lowest BCUT2D eigenvalue weighted by molar-refractivity contribution is -0.141. The number of carbonyl (C=O) groups is 3. The molecule has 0 radical (unpaired) electrons. The lowest BCUT2D eigenvalue weighted by Crippen LogP contribution is -2.32. The van der Waals surface area contributed by atoms with Crippen molar-refractivity contribution in [1.29, 1.82) is 0 Å². The Morgan fingerprint density at radius 3 is 2.17 bits per heavy atom. The summed E-state index contributed by atoms with van der Waals surface area (Å²) in [5.74, 6) is -0.816. The maximum absolute atomic E-state index is 12.1. The van der Waals surface area contributed by atoms with Crippen LogP contribution in [0, 0.1) is 0 Å². The Morgan fingerprint density at radius 1 is 1.13 bits per heavy atom. The van der Waals surface area contributed by atoms with E-state index in [1.807, 2.05) is 0 Å². The number of hydrogen-bond donors (Lipinski definition) is 1. The molecule has 1 aromatic carbocycles. The highest BCUT2D eigenvalue weighted by atomic mass is 16.6. The van der Waals surface area contributed by atoms with Gasteiger partial charge < -0.3 is 14.4 Å². The van der Waals surface area contributed by atoms with E-state index < -0.39 is 17.7 Å². The minimum absolute atomic E-state index is 0.132. The van der Waals surface area contributed by atoms with Crippen LogP contribution in [0.4, 0.5) is 10.5 Å². The van der Waals surface area contributed by atoms with Crippen molar-refractivity contribution in [2.75, 3.05) is 26.0 Å². The molecule has 0 fully saturated rings. The number of rotatable bonds is 4. The van der Waals surface area contributed by atoms with E-state index in [0.717, 1.165) is 0 Å². The molecule has 0 heterocycles. The lowest BCUT2D eigenvalue weighted by Gasteiger charge is -2.20. The van der Waals surface area contributed by atoms with Crippen molar-refractivity contribution in [2.24, 2.45) is 0 Å². The Labute approximate surface area is 135 Å². The fraction of sp³-hybridized carbons (Fsp3) is 0.438. The third-order valence-corrected chi connectivity index (χ3v) is 2.72. The first-order valence-electron chi connectivity index (χ1n) is 7.04. The summed E-state index contributed by atoms with van der Waals surface area (Å²) in [6.45, 7) is 5.18. The van der Waals surface area contributed by atoms with Crippen LogP contribution >= 0.6 is 0 Å². The highest BCUT2D eigenvalue weighted by Crippen LogP contribution is 2.14. The molecule has 23 heavy (non-hydrogen) atoms. The molecular weight excluding hydrogens is 300 g/mol. The van der Waals surface area contributed by atoms with Crippen LogP contribution in [0.5, 0.6) is 0 Å². The fourth-order valence-corrected chi connectivity index (χ4v) is 1.67. The number of ether oxygens (including phenoxy) is 2. The molecule has 0 bridgehead atoms. The van der Waals surface area contributed by atoms with E-state index in [2.05, 4.69) is 10.1 Å². The van der Waals surface area contributed by atoms with E-state index in [-0.39, 0.29) is 12.5 Å². The van der Waals surface area contributed by atoms with Crippen LogP contribution in [-0.4, -0.2) is 49.2 Å². The second-order valence-electron chi connectivity index (χ2n) is 5.94. The summed E-state index contributed by atoms with van der Waals surface area (Å²) in [5, 5.41) is 2.57. The minimum atomic E-state index is -0.587. The Kier molecular flexibility index (Phi) is 6.12. The van der Waals surface area contributed by atoms with Crippen LogP contribution in [0.1, 0.15) is 31.1 Å². The van der Waals surface area contributed by atoms with Crippen LogP contribution in [-0.2, 0) is 14.3 Å². The second kappa shape index (κ2) is 7.62. The van der Waals surface area contributed by atoms with Crippen molar-refractivity contribution < 1.29 is 23.9 Å². The van der Waals surface area contributed by atoms with Crippen molar-refractivity contribution in [2.45, 2.75) is 26.4 Å². The van der Waals surface area contributed by atoms with Crippen molar-refractivity contribution in [3.8, 4) is 0 Å². The number of benzene rings is 1. The number of esters is 1. The summed E-state index contributed by atoms with van der Waals surface area (Å²) >= 11 is 0. The van der Waals surface area contributed by atoms with Gasteiger partial charge in [0, 0.05) is 18.3 Å². The molecule has 7 nitrogen and oxygen atoms in total. The van der Waals surface area contributed by atoms with Crippen LogP contribution in [0.2, 0.25) is 0 Å². The Bertz CT molecular complexity index is 575. The zero-order chi connectivity index (χ0) is 17.6. The minimum Gasteiger partial charge on any atom is -0.468 e. The summed E-state index contributed by atoms with van der Waals surface area (Å²) < 4.78 is 9.65. The van der Waals surface area contributed by atoms with Crippen LogP contribution in [0.3, 0.4) is 0 Å². The van der Waals surface area contributed by atoms with Crippen molar-refractivity contribution in [3.63, 3.8) is 0 Å². The molecule has 0 atom stereocenters. The normalized spacial score (nSPS) is 10.7. The average Bonchev–Trinajstić information content (AvgIpc) is 2.45. The summed E-state index contributed by atoms with van der Waals surface area (Å²) in [6.07, 6.45) is -0.570. The molecule has 126 valence electrons. The van der Waals surface area contributed by atoms with Gasteiger partial charge in [0.25, 0.3) is 5.91 Å². The molecule has 0 aliphatic carbocycles. The van der Waals surface area contributed by atoms with Gasteiger partial charge in [0.05, 0.1) is 7.11 Å². The number of hydrogen-bond acceptors (Lipinski definition) is 5. The number of nitrogens with zero attached hydrogens (tertiary/aromatic N) is 1. The summed E-state index contributed by atoms with van der Waals surface area (Å²) in [6, 6.07) is 6.29. The van der Waals surface area contributed by atoms with Gasteiger partial charge in [-0.05, 0) is 45.0 Å². The Morgan fingerprint density at radius 2 is 1.70 bits per heavy atom. The van der Waals surface area contributed by atoms with Gasteiger partial charge in [-0.25, -0.2) is 4.79 Å². The van der Waals surface area contributed by atoms with Crippen LogP contribution in [0.25, 0.3) is 0 Å². The molecule has 0 aliphatic heterocycles. The number of amides is 2. The van der Waals surface area contributed by atoms with Crippen LogP contribution in [0.15, 0.2) is 24.3 Å². The number of anilines is 1. The van der Waals surface area contributed by atoms with Crippen molar-refractivity contribution in [1.82, 2.24) is 4.90 Å². The zero-order valence-electron chi connectivity index (χ0n) is 14.0. The highest BCUT2D eigenvalue weighted by Gasteiger charge is 2.17. The van der Waals surface area contributed by atoms with Gasteiger partial charge in [0.15, 0.2) is 0 Å². The van der Waals surface area contributed by atoms with Gasteiger partial charge in [0.1, 0.15) is 12.1 Å². The standard InChI is InChI=1S/C16H22N2O5/c1-16(2,3)23-15(21)17-12-8-6-11(7-9-12)14(20)18(4)10-13(19)22-5/h6-9H,10H2,1-5H3,(H,17,21). The quantitative estimate of drug-likeness (QED) is 0.860. The molecule has 1 aromatic rings. The summed E-state index contributed by atoms with van der Waals surface area (Å²) in [4.78, 5) is 36.2. The zero-order valence-corrected chi connectivity index (χ0v) is 14.0. The maximum Gasteiger partial charge on any atom is 0.412 e. The Hall–Kier alpha value is -2.57. The van der Waals surface area contributed by atoms with E-state index >= 15 is 0 Å². The highest BCUT2D eigenvalue weighted by molar-refractivity contribution is 5.96. The first-order valence-corrected chi connectivity index (χ1v) is 7.04. The molecule has 0 aromatic heterocycles. The maximum atomic E-state index is 12.1. The Balaban J connectivity index is 2.67. The van der Waals surface area contributed by atoms with E-state index in [1.165, 1.54) is 19.1 Å². The summed E-state index contributed by atoms with van der Waals surface area (Å²) in [5.41, 5.74) is 0.314. The molecular formula is C16H22N2O5. The number of nitrogens with one attached hydrogen (secondary N) is 1. The third kappa shape index (κ3) is 6.37. The number of methoxy groups -OCH3 is 1.